The van der Waals surface area contributed by atoms with Crippen LogP contribution in [-0.2, 0) is 15.7 Å². The van der Waals surface area contributed by atoms with Crippen LogP contribution in [-0.4, -0.2) is 56.6 Å². The number of rotatable bonds is 7. The van der Waals surface area contributed by atoms with Crippen LogP contribution in [0.25, 0.3) is 0 Å². The van der Waals surface area contributed by atoms with Gasteiger partial charge in [-0.25, -0.2) is 4.79 Å². The van der Waals surface area contributed by atoms with Crippen molar-refractivity contribution in [3.8, 4) is 5.75 Å². The quantitative estimate of drug-likeness (QED) is 0.567. The molecule has 0 bridgehead atoms. The van der Waals surface area contributed by atoms with Crippen LogP contribution in [0.15, 0.2) is 48.5 Å². The topological polar surface area (TPSA) is 60.0 Å². The van der Waals surface area contributed by atoms with Crippen LogP contribution in [0.1, 0.15) is 42.6 Å². The maximum atomic E-state index is 12.9. The summed E-state index contributed by atoms with van der Waals surface area (Å²) in [6.07, 6.45) is -3.06. The Kier molecular flexibility index (Phi) is 7.86. The number of halogens is 3. The highest BCUT2D eigenvalue weighted by Gasteiger charge is 2.37. The number of hydrogen-bond donors (Lipinski definition) is 1. The first-order chi connectivity index (χ1) is 16.7. The summed E-state index contributed by atoms with van der Waals surface area (Å²) in [7, 11) is 0. The van der Waals surface area contributed by atoms with Crippen molar-refractivity contribution in [3.63, 3.8) is 0 Å². The van der Waals surface area contributed by atoms with Crippen molar-refractivity contribution in [2.24, 2.45) is 0 Å². The van der Waals surface area contributed by atoms with E-state index in [1.165, 1.54) is 12.1 Å². The maximum Gasteiger partial charge on any atom is 0.416 e. The first-order valence-electron chi connectivity index (χ1n) is 12.0. The monoisotopic (exact) mass is 492 g/mol. The second-order valence-corrected chi connectivity index (χ2v) is 8.96. The standard InChI is InChI=1S/C26H31F3N2O4/c1-3-33-25(32)18-4-8-20(9-5-18)31-16-23(14-21(31)15-24-17(2)30-12-13-34-24)35-22-10-6-19(7-11-22)26(27,28)29/h4-11,17,21,23-24,30H,3,12-16H2,1-2H3/t17?,21-,23+,24-/m0/s1. The van der Waals surface area contributed by atoms with Crippen molar-refractivity contribution in [2.75, 3.05) is 31.2 Å². The molecule has 4 rings (SSSR count). The van der Waals surface area contributed by atoms with Crippen molar-refractivity contribution < 1.29 is 32.2 Å². The molecule has 2 saturated heterocycles. The molecule has 0 aliphatic carbocycles. The lowest BCUT2D eigenvalue weighted by Crippen LogP contribution is -2.49. The van der Waals surface area contributed by atoms with Gasteiger partial charge in [0.2, 0.25) is 0 Å². The van der Waals surface area contributed by atoms with Gasteiger partial charge in [-0.1, -0.05) is 0 Å². The molecule has 0 spiro atoms. The number of carbonyl (C=O) groups excluding carboxylic acids is 1. The van der Waals surface area contributed by atoms with Crippen LogP contribution in [0, 0.1) is 0 Å². The maximum absolute atomic E-state index is 12.9. The Balaban J connectivity index is 1.50. The molecule has 0 saturated carbocycles. The minimum atomic E-state index is -4.38. The lowest BCUT2D eigenvalue weighted by atomic mass is 10.00. The number of carbonyl (C=O) groups is 1. The molecule has 2 heterocycles. The molecule has 0 radical (unpaired) electrons. The van der Waals surface area contributed by atoms with E-state index in [0.29, 0.717) is 37.5 Å². The van der Waals surface area contributed by atoms with E-state index in [-0.39, 0.29) is 30.3 Å². The molecule has 6 nitrogen and oxygen atoms in total. The van der Waals surface area contributed by atoms with E-state index in [1.54, 1.807) is 19.1 Å². The van der Waals surface area contributed by atoms with E-state index in [4.69, 9.17) is 14.2 Å². The van der Waals surface area contributed by atoms with Crippen LogP contribution in [0.4, 0.5) is 18.9 Å². The fourth-order valence-electron chi connectivity index (χ4n) is 4.73. The molecule has 4 atom stereocenters. The van der Waals surface area contributed by atoms with E-state index in [2.05, 4.69) is 17.1 Å². The number of nitrogens with zero attached hydrogens (tertiary/aromatic N) is 1. The van der Waals surface area contributed by atoms with Gasteiger partial charge < -0.3 is 24.4 Å². The average Bonchev–Trinajstić information content (AvgIpc) is 3.22. The molecule has 2 aromatic rings. The summed E-state index contributed by atoms with van der Waals surface area (Å²) in [6, 6.07) is 12.4. The zero-order valence-electron chi connectivity index (χ0n) is 19.9. The van der Waals surface area contributed by atoms with Gasteiger partial charge in [0.05, 0.1) is 37.0 Å². The van der Waals surface area contributed by atoms with E-state index in [9.17, 15) is 18.0 Å². The molecule has 9 heteroatoms. The molecule has 0 amide bonds. The lowest BCUT2D eigenvalue weighted by Gasteiger charge is -2.35. The van der Waals surface area contributed by atoms with Crippen molar-refractivity contribution in [2.45, 2.75) is 57.2 Å². The highest BCUT2D eigenvalue weighted by molar-refractivity contribution is 5.89. The number of morpholine rings is 1. The number of hydrogen-bond acceptors (Lipinski definition) is 6. The van der Waals surface area contributed by atoms with Gasteiger partial charge in [-0.3, -0.25) is 0 Å². The third-order valence-electron chi connectivity index (χ3n) is 6.53. The molecule has 190 valence electrons. The third-order valence-corrected chi connectivity index (χ3v) is 6.53. The second-order valence-electron chi connectivity index (χ2n) is 8.96. The summed E-state index contributed by atoms with van der Waals surface area (Å²) in [5, 5.41) is 3.44. The smallest absolute Gasteiger partial charge is 0.416 e. The molecule has 2 aliphatic heterocycles. The van der Waals surface area contributed by atoms with Gasteiger partial charge in [-0.15, -0.1) is 0 Å². The summed E-state index contributed by atoms with van der Waals surface area (Å²) in [5.41, 5.74) is 0.726. The molecule has 2 aliphatic rings. The van der Waals surface area contributed by atoms with Crippen molar-refractivity contribution >= 4 is 11.7 Å². The van der Waals surface area contributed by atoms with Crippen molar-refractivity contribution in [1.82, 2.24) is 5.32 Å². The Hall–Kier alpha value is -2.78. The van der Waals surface area contributed by atoms with Crippen LogP contribution >= 0.6 is 0 Å². The van der Waals surface area contributed by atoms with Gasteiger partial charge in [-0.05, 0) is 68.8 Å². The number of esters is 1. The number of alkyl halides is 3. The minimum Gasteiger partial charge on any atom is -0.489 e. The average molecular weight is 493 g/mol. The Labute approximate surface area is 203 Å². The number of benzene rings is 2. The minimum absolute atomic E-state index is 0.0416. The summed E-state index contributed by atoms with van der Waals surface area (Å²) in [6.45, 7) is 6.22. The normalized spacial score (nSPS) is 24.9. The highest BCUT2D eigenvalue weighted by atomic mass is 19.4. The van der Waals surface area contributed by atoms with E-state index in [0.717, 1.165) is 30.8 Å². The summed E-state index contributed by atoms with van der Waals surface area (Å²) in [5.74, 6) is 0.0428. The third kappa shape index (κ3) is 6.27. The van der Waals surface area contributed by atoms with Crippen LogP contribution in [0.2, 0.25) is 0 Å². The summed E-state index contributed by atoms with van der Waals surface area (Å²) < 4.78 is 55.9. The zero-order valence-corrected chi connectivity index (χ0v) is 19.9. The molecule has 0 aromatic heterocycles. The fraction of sp³-hybridized carbons (Fsp3) is 0.500. The molecule has 1 unspecified atom stereocenters. The van der Waals surface area contributed by atoms with E-state index < -0.39 is 11.7 Å². The Bertz CT molecular complexity index is 982. The van der Waals surface area contributed by atoms with Gasteiger partial charge in [0.15, 0.2) is 0 Å². The highest BCUT2D eigenvalue weighted by Crippen LogP contribution is 2.34. The van der Waals surface area contributed by atoms with Gasteiger partial charge in [0.1, 0.15) is 11.9 Å². The molecular weight excluding hydrogens is 461 g/mol. The first kappa shape index (κ1) is 25.3. The SMILES string of the molecule is CCOC(=O)c1ccc(N2C[C@H](Oc3ccc(C(F)(F)F)cc3)C[C@H]2C[C@@H]2OCCNC2C)cc1. The van der Waals surface area contributed by atoms with Gasteiger partial charge in [0.25, 0.3) is 0 Å². The Morgan fingerprint density at radius 2 is 1.86 bits per heavy atom. The van der Waals surface area contributed by atoms with Crippen molar-refractivity contribution in [3.05, 3.63) is 59.7 Å². The predicted octanol–water partition coefficient (Wildman–Crippen LogP) is 4.68. The summed E-state index contributed by atoms with van der Waals surface area (Å²) >= 11 is 0. The molecule has 35 heavy (non-hydrogen) atoms. The van der Waals surface area contributed by atoms with Gasteiger partial charge in [-0.2, -0.15) is 13.2 Å². The first-order valence-corrected chi connectivity index (χ1v) is 12.0. The van der Waals surface area contributed by atoms with Crippen LogP contribution in [0.3, 0.4) is 0 Å². The predicted molar refractivity (Wildman–Crippen MR) is 126 cm³/mol. The molecule has 2 fully saturated rings. The number of anilines is 1. The van der Waals surface area contributed by atoms with Crippen molar-refractivity contribution in [1.29, 1.82) is 0 Å². The number of nitrogens with one attached hydrogen (secondary N) is 1. The van der Waals surface area contributed by atoms with Crippen LogP contribution in [0.5, 0.6) is 5.75 Å². The van der Waals surface area contributed by atoms with Gasteiger partial charge >= 0.3 is 12.1 Å². The largest absolute Gasteiger partial charge is 0.489 e. The van der Waals surface area contributed by atoms with E-state index in [1.807, 2.05) is 12.1 Å². The molecule has 1 N–H and O–H groups in total. The second kappa shape index (κ2) is 10.9. The lowest BCUT2D eigenvalue weighted by molar-refractivity contribution is -0.137. The Morgan fingerprint density at radius 1 is 1.14 bits per heavy atom. The van der Waals surface area contributed by atoms with Crippen LogP contribution < -0.4 is 15.0 Å². The Morgan fingerprint density at radius 3 is 2.49 bits per heavy atom. The van der Waals surface area contributed by atoms with E-state index >= 15 is 0 Å². The zero-order chi connectivity index (χ0) is 25.0. The summed E-state index contributed by atoms with van der Waals surface area (Å²) in [4.78, 5) is 14.3. The molecule has 2 aromatic carbocycles. The molecular formula is C26H31F3N2O4. The fourth-order valence-corrected chi connectivity index (χ4v) is 4.73. The number of ether oxygens (including phenoxy) is 3. The van der Waals surface area contributed by atoms with Gasteiger partial charge in [0, 0.05) is 30.7 Å².